The molecule has 1 heterocycles. The highest BCUT2D eigenvalue weighted by Crippen LogP contribution is 2.21. The van der Waals surface area contributed by atoms with E-state index in [0.717, 1.165) is 37.2 Å². The smallest absolute Gasteiger partial charge is 0.213 e. The molecule has 1 aliphatic rings. The van der Waals surface area contributed by atoms with Crippen LogP contribution in [0.2, 0.25) is 0 Å². The summed E-state index contributed by atoms with van der Waals surface area (Å²) in [6.07, 6.45) is 3.68. The molecule has 3 nitrogen and oxygen atoms in total. The predicted octanol–water partition coefficient (Wildman–Crippen LogP) is 3.46. The van der Waals surface area contributed by atoms with Crippen LogP contribution >= 0.6 is 0 Å². The Bertz CT molecular complexity index is 419. The first-order chi connectivity index (χ1) is 8.94. The van der Waals surface area contributed by atoms with E-state index in [2.05, 4.69) is 44.1 Å². The van der Waals surface area contributed by atoms with E-state index in [-0.39, 0.29) is 0 Å². The van der Waals surface area contributed by atoms with Gasteiger partial charge in [-0.2, -0.15) is 0 Å². The molecule has 19 heavy (non-hydrogen) atoms. The Kier molecular flexibility index (Phi) is 4.46. The maximum atomic E-state index is 5.72. The molecule has 2 rings (SSSR count). The molecular formula is C16H26N2O. The lowest BCUT2D eigenvalue weighted by molar-refractivity contribution is 0.236. The summed E-state index contributed by atoms with van der Waals surface area (Å²) >= 11 is 0. The Morgan fingerprint density at radius 1 is 1.32 bits per heavy atom. The van der Waals surface area contributed by atoms with Crippen LogP contribution in [0.4, 0.5) is 0 Å². The van der Waals surface area contributed by atoms with Crippen molar-refractivity contribution < 1.29 is 4.74 Å². The van der Waals surface area contributed by atoms with Gasteiger partial charge in [-0.1, -0.05) is 26.8 Å². The van der Waals surface area contributed by atoms with Crippen LogP contribution in [-0.2, 0) is 6.54 Å². The Balaban J connectivity index is 1.83. The molecular weight excluding hydrogens is 236 g/mol. The van der Waals surface area contributed by atoms with Crippen LogP contribution in [0.1, 0.15) is 51.3 Å². The Hall–Kier alpha value is -1.09. The van der Waals surface area contributed by atoms with Crippen LogP contribution in [0.3, 0.4) is 0 Å². The largest absolute Gasteiger partial charge is 0.478 e. The maximum absolute atomic E-state index is 5.72. The second kappa shape index (κ2) is 5.91. The van der Waals surface area contributed by atoms with E-state index >= 15 is 0 Å². The van der Waals surface area contributed by atoms with Gasteiger partial charge in [-0.05, 0) is 37.2 Å². The second-order valence-electron chi connectivity index (χ2n) is 6.71. The molecule has 1 N–H and O–H groups in total. The van der Waals surface area contributed by atoms with Crippen molar-refractivity contribution in [2.24, 2.45) is 5.41 Å². The summed E-state index contributed by atoms with van der Waals surface area (Å²) in [7, 11) is 0. The van der Waals surface area contributed by atoms with E-state index < -0.39 is 0 Å². The molecule has 1 saturated carbocycles. The van der Waals surface area contributed by atoms with Gasteiger partial charge < -0.3 is 10.1 Å². The van der Waals surface area contributed by atoms with Gasteiger partial charge in [-0.3, -0.25) is 0 Å². The Morgan fingerprint density at radius 2 is 2.05 bits per heavy atom. The van der Waals surface area contributed by atoms with Gasteiger partial charge in [-0.25, -0.2) is 4.98 Å². The molecule has 3 heteroatoms. The quantitative estimate of drug-likeness (QED) is 0.852. The Morgan fingerprint density at radius 3 is 2.63 bits per heavy atom. The van der Waals surface area contributed by atoms with Gasteiger partial charge in [0.25, 0.3) is 0 Å². The third-order valence-corrected chi connectivity index (χ3v) is 3.43. The van der Waals surface area contributed by atoms with Gasteiger partial charge in [0.2, 0.25) is 5.88 Å². The molecule has 0 atom stereocenters. The average Bonchev–Trinajstić information content (AvgIpc) is 3.10. The minimum absolute atomic E-state index is 0.309. The van der Waals surface area contributed by atoms with Crippen molar-refractivity contribution in [3.63, 3.8) is 0 Å². The number of hydrogen-bond acceptors (Lipinski definition) is 3. The molecule has 1 fully saturated rings. The van der Waals surface area contributed by atoms with Crippen molar-refractivity contribution in [2.75, 3.05) is 6.61 Å². The van der Waals surface area contributed by atoms with Crippen molar-refractivity contribution >= 4 is 0 Å². The third-order valence-electron chi connectivity index (χ3n) is 3.43. The first kappa shape index (κ1) is 14.3. The molecule has 0 radical (unpaired) electrons. The van der Waals surface area contributed by atoms with Gasteiger partial charge in [-0.15, -0.1) is 0 Å². The lowest BCUT2D eigenvalue weighted by Gasteiger charge is -2.18. The highest BCUT2D eigenvalue weighted by Gasteiger charge is 2.20. The fourth-order valence-electron chi connectivity index (χ4n) is 1.84. The number of nitrogens with zero attached hydrogens (tertiary/aromatic N) is 1. The minimum atomic E-state index is 0.309. The third kappa shape index (κ3) is 5.19. The number of hydrogen-bond donors (Lipinski definition) is 1. The van der Waals surface area contributed by atoms with E-state index in [1.807, 2.05) is 6.07 Å². The zero-order valence-electron chi connectivity index (χ0n) is 12.6. The summed E-state index contributed by atoms with van der Waals surface area (Å²) in [6, 6.07) is 4.85. The van der Waals surface area contributed by atoms with Gasteiger partial charge in [0, 0.05) is 24.3 Å². The summed E-state index contributed by atoms with van der Waals surface area (Å²) in [4.78, 5) is 4.53. The zero-order valence-corrected chi connectivity index (χ0v) is 12.6. The van der Waals surface area contributed by atoms with Crippen LogP contribution < -0.4 is 10.1 Å². The van der Waals surface area contributed by atoms with E-state index in [1.54, 1.807) is 0 Å². The van der Waals surface area contributed by atoms with E-state index in [4.69, 9.17) is 4.74 Å². The van der Waals surface area contributed by atoms with Crippen LogP contribution in [0.5, 0.6) is 5.88 Å². The van der Waals surface area contributed by atoms with Crippen molar-refractivity contribution in [3.8, 4) is 5.88 Å². The summed E-state index contributed by atoms with van der Waals surface area (Å²) in [5.41, 5.74) is 2.65. The number of nitrogens with one attached hydrogen (secondary N) is 1. The highest BCUT2D eigenvalue weighted by atomic mass is 16.5. The molecule has 0 amide bonds. The van der Waals surface area contributed by atoms with Crippen molar-refractivity contribution in [2.45, 2.75) is 59.5 Å². The van der Waals surface area contributed by atoms with Crippen LogP contribution in [0.15, 0.2) is 12.1 Å². The van der Waals surface area contributed by atoms with Gasteiger partial charge in [0.1, 0.15) is 0 Å². The fraction of sp³-hybridized carbons (Fsp3) is 0.688. The number of pyridine rings is 1. The monoisotopic (exact) mass is 262 g/mol. The number of rotatable bonds is 6. The first-order valence-corrected chi connectivity index (χ1v) is 7.27. The lowest BCUT2D eigenvalue weighted by Crippen LogP contribution is -2.16. The molecule has 0 saturated heterocycles. The highest BCUT2D eigenvalue weighted by molar-refractivity contribution is 5.25. The van der Waals surface area contributed by atoms with E-state index in [1.165, 1.54) is 18.4 Å². The van der Waals surface area contributed by atoms with Gasteiger partial charge >= 0.3 is 0 Å². The second-order valence-corrected chi connectivity index (χ2v) is 6.71. The predicted molar refractivity (Wildman–Crippen MR) is 78.4 cm³/mol. The molecule has 106 valence electrons. The fourth-order valence-corrected chi connectivity index (χ4v) is 1.84. The summed E-state index contributed by atoms with van der Waals surface area (Å²) in [5, 5.41) is 3.52. The summed E-state index contributed by atoms with van der Waals surface area (Å²) < 4.78 is 5.72. The summed E-state index contributed by atoms with van der Waals surface area (Å²) in [5.74, 6) is 0.747. The maximum Gasteiger partial charge on any atom is 0.213 e. The molecule has 1 aromatic rings. The molecule has 1 aliphatic carbocycles. The summed E-state index contributed by atoms with van der Waals surface area (Å²) in [6.45, 7) is 10.4. The molecule has 0 bridgehead atoms. The standard InChI is InChI=1S/C16H26N2O/c1-12-13(11-17-14-6-7-14)5-8-15(18-12)19-10-9-16(2,3)4/h5,8,14,17H,6-7,9-11H2,1-4H3. The van der Waals surface area contributed by atoms with E-state index in [0.29, 0.717) is 5.41 Å². The molecule has 0 unspecified atom stereocenters. The van der Waals surface area contributed by atoms with Crippen LogP contribution in [0, 0.1) is 12.3 Å². The van der Waals surface area contributed by atoms with Gasteiger partial charge in [0.05, 0.1) is 6.61 Å². The average molecular weight is 262 g/mol. The normalized spacial score (nSPS) is 15.6. The zero-order chi connectivity index (χ0) is 13.9. The molecule has 1 aromatic heterocycles. The number of ether oxygens (including phenoxy) is 1. The van der Waals surface area contributed by atoms with E-state index in [9.17, 15) is 0 Å². The number of aromatic nitrogens is 1. The van der Waals surface area contributed by atoms with Gasteiger partial charge in [0.15, 0.2) is 0 Å². The Labute approximate surface area is 116 Å². The lowest BCUT2D eigenvalue weighted by atomic mass is 9.93. The molecule has 0 aromatic carbocycles. The van der Waals surface area contributed by atoms with Crippen LogP contribution in [-0.4, -0.2) is 17.6 Å². The topological polar surface area (TPSA) is 34.1 Å². The van der Waals surface area contributed by atoms with Crippen molar-refractivity contribution in [1.29, 1.82) is 0 Å². The molecule has 0 spiro atoms. The van der Waals surface area contributed by atoms with Crippen molar-refractivity contribution in [3.05, 3.63) is 23.4 Å². The minimum Gasteiger partial charge on any atom is -0.478 e. The van der Waals surface area contributed by atoms with Crippen molar-refractivity contribution in [1.82, 2.24) is 10.3 Å². The van der Waals surface area contributed by atoms with Crippen LogP contribution in [0.25, 0.3) is 0 Å². The SMILES string of the molecule is Cc1nc(OCCC(C)(C)C)ccc1CNC1CC1. The number of aryl methyl sites for hydroxylation is 1. The first-order valence-electron chi connectivity index (χ1n) is 7.27. The molecule has 0 aliphatic heterocycles.